The summed E-state index contributed by atoms with van der Waals surface area (Å²) < 4.78 is 0. The Morgan fingerprint density at radius 2 is 1.89 bits per heavy atom. The molecule has 0 heterocycles. The van der Waals surface area contributed by atoms with Gasteiger partial charge in [-0.3, -0.25) is 4.79 Å². The first-order valence-electron chi connectivity index (χ1n) is 6.61. The Morgan fingerprint density at radius 3 is 2.37 bits per heavy atom. The highest BCUT2D eigenvalue weighted by Gasteiger charge is 2.12. The van der Waals surface area contributed by atoms with Crippen LogP contribution in [0.2, 0.25) is 0 Å². The molecular weight excluding hydrogens is 242 g/mol. The normalized spacial score (nSPS) is 10.5. The zero-order chi connectivity index (χ0) is 14.4. The molecule has 0 aliphatic rings. The van der Waals surface area contributed by atoms with E-state index in [9.17, 15) is 9.59 Å². The molecule has 0 saturated carbocycles. The quantitative estimate of drug-likeness (QED) is 0.826. The fraction of sp³-hybridized carbons (Fsp3) is 0.467. The molecule has 0 saturated heterocycles. The summed E-state index contributed by atoms with van der Waals surface area (Å²) in [5.74, 6) is -0.567. The molecule has 0 fully saturated rings. The molecule has 0 radical (unpaired) electrons. The number of hydrogen-bond donors (Lipinski definition) is 2. The number of aromatic carboxylic acids is 1. The van der Waals surface area contributed by atoms with Crippen molar-refractivity contribution in [2.24, 2.45) is 5.92 Å². The van der Waals surface area contributed by atoms with Crippen LogP contribution in [0.3, 0.4) is 0 Å². The van der Waals surface area contributed by atoms with Crippen LogP contribution < -0.4 is 5.32 Å². The van der Waals surface area contributed by atoms with E-state index in [1.807, 2.05) is 0 Å². The summed E-state index contributed by atoms with van der Waals surface area (Å²) in [5, 5.41) is 11.7. The van der Waals surface area contributed by atoms with Gasteiger partial charge in [0.15, 0.2) is 0 Å². The standard InChI is InChI=1S/C15H21NO3/c1-4-11(5-2)9-14(17)16-12-6-7-13(15(18)19)10(3)8-12/h6-8,11H,4-5,9H2,1-3H3,(H,16,17)(H,18,19). The molecule has 1 amide bonds. The van der Waals surface area contributed by atoms with Crippen LogP contribution in [0.25, 0.3) is 0 Å². The van der Waals surface area contributed by atoms with Gasteiger partial charge in [0.25, 0.3) is 0 Å². The third kappa shape index (κ3) is 4.39. The number of hydrogen-bond acceptors (Lipinski definition) is 2. The smallest absolute Gasteiger partial charge is 0.335 e. The van der Waals surface area contributed by atoms with Gasteiger partial charge in [-0.1, -0.05) is 26.7 Å². The Kier molecular flexibility index (Phi) is 5.55. The molecular formula is C15H21NO3. The van der Waals surface area contributed by atoms with Crippen molar-refractivity contribution in [3.8, 4) is 0 Å². The van der Waals surface area contributed by atoms with Crippen LogP contribution in [-0.4, -0.2) is 17.0 Å². The molecule has 0 aromatic heterocycles. The summed E-state index contributed by atoms with van der Waals surface area (Å²) in [6.45, 7) is 5.88. The number of carbonyl (C=O) groups excluding carboxylic acids is 1. The summed E-state index contributed by atoms with van der Waals surface area (Å²) in [6, 6.07) is 4.83. The second-order valence-corrected chi connectivity index (χ2v) is 4.77. The van der Waals surface area contributed by atoms with Crippen LogP contribution in [0, 0.1) is 12.8 Å². The molecule has 0 atom stereocenters. The van der Waals surface area contributed by atoms with Crippen LogP contribution >= 0.6 is 0 Å². The number of aryl methyl sites for hydroxylation is 1. The van der Waals surface area contributed by atoms with Crippen LogP contribution in [0.4, 0.5) is 5.69 Å². The summed E-state index contributed by atoms with van der Waals surface area (Å²) in [6.07, 6.45) is 2.48. The van der Waals surface area contributed by atoms with E-state index in [1.165, 1.54) is 6.07 Å². The number of rotatable bonds is 6. The van der Waals surface area contributed by atoms with Crippen LogP contribution in [0.1, 0.15) is 49.0 Å². The van der Waals surface area contributed by atoms with Crippen molar-refractivity contribution < 1.29 is 14.7 Å². The first-order valence-corrected chi connectivity index (χ1v) is 6.61. The maximum Gasteiger partial charge on any atom is 0.335 e. The molecule has 1 rings (SSSR count). The van der Waals surface area contributed by atoms with Crippen LogP contribution in [-0.2, 0) is 4.79 Å². The van der Waals surface area contributed by atoms with Crippen LogP contribution in [0.5, 0.6) is 0 Å². The molecule has 19 heavy (non-hydrogen) atoms. The van der Waals surface area contributed by atoms with Crippen molar-refractivity contribution in [2.45, 2.75) is 40.0 Å². The van der Waals surface area contributed by atoms with Crippen LogP contribution in [0.15, 0.2) is 18.2 Å². The van der Waals surface area contributed by atoms with E-state index in [0.29, 0.717) is 23.6 Å². The zero-order valence-corrected chi connectivity index (χ0v) is 11.7. The Hall–Kier alpha value is -1.84. The lowest BCUT2D eigenvalue weighted by Crippen LogP contribution is -2.16. The second-order valence-electron chi connectivity index (χ2n) is 4.77. The number of benzene rings is 1. The lowest BCUT2D eigenvalue weighted by Gasteiger charge is -2.12. The van der Waals surface area contributed by atoms with Gasteiger partial charge in [0.05, 0.1) is 5.56 Å². The van der Waals surface area contributed by atoms with E-state index < -0.39 is 5.97 Å². The van der Waals surface area contributed by atoms with Crippen molar-refractivity contribution >= 4 is 17.6 Å². The molecule has 2 N–H and O–H groups in total. The van der Waals surface area contributed by atoms with E-state index in [2.05, 4.69) is 19.2 Å². The first-order chi connectivity index (χ1) is 8.97. The third-order valence-corrected chi connectivity index (χ3v) is 3.37. The lowest BCUT2D eigenvalue weighted by atomic mass is 9.99. The van der Waals surface area contributed by atoms with Crippen molar-refractivity contribution in [2.75, 3.05) is 5.32 Å². The van der Waals surface area contributed by atoms with Crippen molar-refractivity contribution in [3.63, 3.8) is 0 Å². The summed E-state index contributed by atoms with van der Waals surface area (Å²) in [7, 11) is 0. The SMILES string of the molecule is CCC(CC)CC(=O)Nc1ccc(C(=O)O)c(C)c1. The van der Waals surface area contributed by atoms with Crippen molar-refractivity contribution in [1.29, 1.82) is 0 Å². The van der Waals surface area contributed by atoms with Gasteiger partial charge in [0, 0.05) is 12.1 Å². The van der Waals surface area contributed by atoms with Gasteiger partial charge in [-0.05, 0) is 36.6 Å². The molecule has 4 nitrogen and oxygen atoms in total. The molecule has 1 aromatic carbocycles. The van der Waals surface area contributed by atoms with Gasteiger partial charge in [-0.2, -0.15) is 0 Å². The second kappa shape index (κ2) is 6.92. The number of nitrogens with one attached hydrogen (secondary N) is 1. The maximum absolute atomic E-state index is 11.8. The highest BCUT2D eigenvalue weighted by Crippen LogP contribution is 2.17. The van der Waals surface area contributed by atoms with E-state index in [4.69, 9.17) is 5.11 Å². The summed E-state index contributed by atoms with van der Waals surface area (Å²) in [4.78, 5) is 22.7. The minimum Gasteiger partial charge on any atom is -0.478 e. The number of amides is 1. The number of anilines is 1. The molecule has 104 valence electrons. The minimum atomic E-state index is -0.951. The summed E-state index contributed by atoms with van der Waals surface area (Å²) >= 11 is 0. The van der Waals surface area contributed by atoms with Gasteiger partial charge in [-0.25, -0.2) is 4.79 Å². The van der Waals surface area contributed by atoms with E-state index in [-0.39, 0.29) is 11.5 Å². The fourth-order valence-corrected chi connectivity index (χ4v) is 2.03. The topological polar surface area (TPSA) is 66.4 Å². The van der Waals surface area contributed by atoms with E-state index in [0.717, 1.165) is 12.8 Å². The monoisotopic (exact) mass is 263 g/mol. The number of carbonyl (C=O) groups is 2. The van der Waals surface area contributed by atoms with Gasteiger partial charge in [0.1, 0.15) is 0 Å². The lowest BCUT2D eigenvalue weighted by molar-refractivity contribution is -0.117. The maximum atomic E-state index is 11.8. The van der Waals surface area contributed by atoms with Crippen molar-refractivity contribution in [1.82, 2.24) is 0 Å². The van der Waals surface area contributed by atoms with Gasteiger partial charge >= 0.3 is 5.97 Å². The molecule has 4 heteroatoms. The highest BCUT2D eigenvalue weighted by molar-refractivity contribution is 5.93. The van der Waals surface area contributed by atoms with Gasteiger partial charge in [0.2, 0.25) is 5.91 Å². The van der Waals surface area contributed by atoms with Gasteiger partial charge in [-0.15, -0.1) is 0 Å². The average Bonchev–Trinajstić information content (AvgIpc) is 2.35. The largest absolute Gasteiger partial charge is 0.478 e. The molecule has 0 spiro atoms. The fourth-order valence-electron chi connectivity index (χ4n) is 2.03. The van der Waals surface area contributed by atoms with E-state index >= 15 is 0 Å². The molecule has 0 aliphatic carbocycles. The molecule has 0 unspecified atom stereocenters. The summed E-state index contributed by atoms with van der Waals surface area (Å²) in [5.41, 5.74) is 1.56. The molecule has 0 aliphatic heterocycles. The Morgan fingerprint density at radius 1 is 1.26 bits per heavy atom. The highest BCUT2D eigenvalue weighted by atomic mass is 16.4. The van der Waals surface area contributed by atoms with Crippen molar-refractivity contribution in [3.05, 3.63) is 29.3 Å². The van der Waals surface area contributed by atoms with E-state index in [1.54, 1.807) is 19.1 Å². The third-order valence-electron chi connectivity index (χ3n) is 3.37. The first kappa shape index (κ1) is 15.2. The molecule has 1 aromatic rings. The number of carboxylic acid groups (broad SMARTS) is 1. The Labute approximate surface area is 113 Å². The zero-order valence-electron chi connectivity index (χ0n) is 11.7. The minimum absolute atomic E-state index is 0.0174. The number of carboxylic acids is 1. The average molecular weight is 263 g/mol. The predicted molar refractivity (Wildman–Crippen MR) is 75.5 cm³/mol. The predicted octanol–water partition coefficient (Wildman–Crippen LogP) is 3.46. The Bertz CT molecular complexity index is 464. The molecule has 0 bridgehead atoms. The Balaban J connectivity index is 2.70. The van der Waals surface area contributed by atoms with Gasteiger partial charge < -0.3 is 10.4 Å².